The second kappa shape index (κ2) is 35.5. The summed E-state index contributed by atoms with van der Waals surface area (Å²) in [5, 5.41) is 12.6. The number of carbonyl (C=O) groups is 2. The zero-order chi connectivity index (χ0) is 36.1. The Bertz CT molecular complexity index is 992. The summed E-state index contributed by atoms with van der Waals surface area (Å²) < 4.78 is 26.7. The van der Waals surface area contributed by atoms with Gasteiger partial charge in [-0.3, -0.25) is 18.6 Å². The number of esters is 1. The number of phosphoric acid groups is 1. The van der Waals surface area contributed by atoms with Crippen LogP contribution >= 0.6 is 7.82 Å². The number of aliphatic hydroxyl groups is 1. The van der Waals surface area contributed by atoms with E-state index >= 15 is 0 Å². The highest BCUT2D eigenvalue weighted by atomic mass is 31.2. The first kappa shape index (κ1) is 46.7. The van der Waals surface area contributed by atoms with Gasteiger partial charge in [0, 0.05) is 19.4 Å². The molecule has 0 aromatic rings. The van der Waals surface area contributed by atoms with Crippen LogP contribution in [0.2, 0.25) is 0 Å². The Kier molecular flexibility index (Phi) is 33.9. The summed E-state index contributed by atoms with van der Waals surface area (Å²) in [5.74, 6) is -0.581. The second-order valence-corrected chi connectivity index (χ2v) is 13.6. The summed E-state index contributed by atoms with van der Waals surface area (Å²) in [5.41, 5.74) is 0. The highest BCUT2D eigenvalue weighted by Gasteiger charge is 2.23. The largest absolute Gasteiger partial charge is 0.472 e. The lowest BCUT2D eigenvalue weighted by atomic mass is 10.1. The first-order valence-electron chi connectivity index (χ1n) is 18.8. The summed E-state index contributed by atoms with van der Waals surface area (Å²) in [6.45, 7) is 3.33. The molecule has 0 aromatic heterocycles. The summed E-state index contributed by atoms with van der Waals surface area (Å²) in [6.07, 6.45) is 40.2. The van der Waals surface area contributed by atoms with Crippen molar-refractivity contribution in [2.45, 2.75) is 148 Å². The number of allylic oxidation sites excluding steroid dienone is 10. The van der Waals surface area contributed by atoms with Gasteiger partial charge in [-0.25, -0.2) is 4.57 Å². The zero-order valence-electron chi connectivity index (χ0n) is 30.6. The normalized spacial score (nSPS) is 14.1. The smallest absolute Gasteiger partial charge is 0.463 e. The van der Waals surface area contributed by atoms with Crippen molar-refractivity contribution in [3.8, 4) is 0 Å². The third kappa shape index (κ3) is 36.8. The molecule has 0 rings (SSSR count). The first-order valence-corrected chi connectivity index (χ1v) is 20.3. The number of carbonyl (C=O) groups excluding carboxylic acids is 2. The molecule has 0 heterocycles. The Morgan fingerprint density at radius 2 is 1.16 bits per heavy atom. The fourth-order valence-electron chi connectivity index (χ4n) is 4.65. The molecule has 9 nitrogen and oxygen atoms in total. The van der Waals surface area contributed by atoms with E-state index in [1.54, 1.807) is 0 Å². The van der Waals surface area contributed by atoms with E-state index < -0.39 is 26.5 Å². The summed E-state index contributed by atoms with van der Waals surface area (Å²) in [6, 6.07) is 0. The molecule has 2 unspecified atom stereocenters. The fourth-order valence-corrected chi connectivity index (χ4v) is 5.41. The van der Waals surface area contributed by atoms with E-state index in [2.05, 4.69) is 79.9 Å². The van der Waals surface area contributed by atoms with E-state index in [1.165, 1.54) is 51.4 Å². The lowest BCUT2D eigenvalue weighted by Crippen LogP contribution is -2.27. The molecule has 2 atom stereocenters. The average Bonchev–Trinajstić information content (AvgIpc) is 3.08. The van der Waals surface area contributed by atoms with Crippen molar-refractivity contribution in [2.24, 2.45) is 0 Å². The van der Waals surface area contributed by atoms with E-state index in [4.69, 9.17) is 13.8 Å². The number of ether oxygens (including phenoxy) is 1. The van der Waals surface area contributed by atoms with Gasteiger partial charge >= 0.3 is 13.8 Å². The average molecular weight is 710 g/mol. The van der Waals surface area contributed by atoms with Gasteiger partial charge in [0.05, 0.1) is 13.2 Å². The van der Waals surface area contributed by atoms with Gasteiger partial charge in [0.25, 0.3) is 0 Å². The lowest BCUT2D eigenvalue weighted by molar-refractivity contribution is -0.147. The Hall–Kier alpha value is -2.29. The van der Waals surface area contributed by atoms with E-state index in [0.717, 1.165) is 57.8 Å². The van der Waals surface area contributed by atoms with Crippen LogP contribution in [0.25, 0.3) is 0 Å². The third-order valence-corrected chi connectivity index (χ3v) is 8.45. The molecule has 0 aliphatic rings. The molecule has 0 aromatic carbocycles. The zero-order valence-corrected chi connectivity index (χ0v) is 31.5. The van der Waals surface area contributed by atoms with Crippen molar-refractivity contribution < 1.29 is 37.9 Å². The summed E-state index contributed by atoms with van der Waals surface area (Å²) >= 11 is 0. The molecule has 0 aliphatic carbocycles. The molecule has 0 aliphatic heterocycles. The van der Waals surface area contributed by atoms with Crippen LogP contribution in [0.1, 0.15) is 142 Å². The number of phosphoric ester groups is 1. The number of aliphatic hydroxyl groups excluding tert-OH is 1. The molecular formula is C39H68NO8P. The number of hydrogen-bond acceptors (Lipinski definition) is 7. The molecule has 1 amide bonds. The lowest BCUT2D eigenvalue weighted by Gasteiger charge is -2.15. The number of amides is 1. The van der Waals surface area contributed by atoms with Gasteiger partial charge in [0.1, 0.15) is 12.7 Å². The topological polar surface area (TPSA) is 131 Å². The number of unbranched alkanes of at least 4 members (excludes halogenated alkanes) is 11. The Morgan fingerprint density at radius 1 is 0.653 bits per heavy atom. The number of nitrogens with one attached hydrogen (secondary N) is 1. The van der Waals surface area contributed by atoms with Gasteiger partial charge in [0.2, 0.25) is 5.91 Å². The molecule has 282 valence electrons. The molecule has 0 fully saturated rings. The molecule has 0 spiro atoms. The molecule has 3 N–H and O–H groups in total. The predicted octanol–water partition coefficient (Wildman–Crippen LogP) is 9.76. The molecular weight excluding hydrogens is 641 g/mol. The van der Waals surface area contributed by atoms with Gasteiger partial charge in [-0.2, -0.15) is 0 Å². The minimum atomic E-state index is -4.43. The second-order valence-electron chi connectivity index (χ2n) is 12.2. The standard InChI is InChI=1S/C39H68NO8P/c1-3-5-7-9-11-13-15-16-17-18-19-20-22-23-25-27-29-31-38(42)40-33-34-47-49(44,45)48-36-37(41)35-46-39(43)32-30-28-26-24-21-14-12-10-8-6-4-2/h5,7,11,13,16-17,19-20,23,25,37,41H,3-4,6,8-10,12,14-15,18,21-22,24,26-36H2,1-2H3,(H,40,42)(H,44,45)/b7-5-,13-11-,17-16-,20-19-,25-23-. The van der Waals surface area contributed by atoms with Crippen LogP contribution < -0.4 is 5.32 Å². The molecule has 0 saturated carbocycles. The van der Waals surface area contributed by atoms with Crippen molar-refractivity contribution in [3.05, 3.63) is 60.8 Å². The predicted molar refractivity (Wildman–Crippen MR) is 201 cm³/mol. The van der Waals surface area contributed by atoms with Gasteiger partial charge < -0.3 is 20.1 Å². The van der Waals surface area contributed by atoms with Crippen LogP contribution in [0.4, 0.5) is 0 Å². The van der Waals surface area contributed by atoms with Crippen LogP contribution in [0.15, 0.2) is 60.8 Å². The van der Waals surface area contributed by atoms with Crippen LogP contribution in [-0.4, -0.2) is 54.3 Å². The molecule has 0 radical (unpaired) electrons. The van der Waals surface area contributed by atoms with E-state index in [1.807, 2.05) is 0 Å². The first-order chi connectivity index (χ1) is 23.8. The molecule has 10 heteroatoms. The highest BCUT2D eigenvalue weighted by Crippen LogP contribution is 2.42. The Balaban J connectivity index is 3.73. The highest BCUT2D eigenvalue weighted by molar-refractivity contribution is 7.47. The molecule has 0 saturated heterocycles. The van der Waals surface area contributed by atoms with Crippen LogP contribution in [0.5, 0.6) is 0 Å². The fraction of sp³-hybridized carbons (Fsp3) is 0.692. The molecule has 0 bridgehead atoms. The van der Waals surface area contributed by atoms with Crippen LogP contribution in [-0.2, 0) is 27.9 Å². The van der Waals surface area contributed by atoms with Gasteiger partial charge in [0.15, 0.2) is 0 Å². The minimum Gasteiger partial charge on any atom is -0.463 e. The number of hydrogen-bond donors (Lipinski definition) is 3. The van der Waals surface area contributed by atoms with Crippen molar-refractivity contribution in [1.82, 2.24) is 5.32 Å². The van der Waals surface area contributed by atoms with Crippen LogP contribution in [0, 0.1) is 0 Å². The van der Waals surface area contributed by atoms with Gasteiger partial charge in [-0.15, -0.1) is 0 Å². The Morgan fingerprint density at radius 3 is 1.71 bits per heavy atom. The van der Waals surface area contributed by atoms with Crippen molar-refractivity contribution >= 4 is 19.7 Å². The van der Waals surface area contributed by atoms with Gasteiger partial charge in [-0.05, 0) is 51.4 Å². The van der Waals surface area contributed by atoms with Crippen molar-refractivity contribution in [3.63, 3.8) is 0 Å². The SMILES string of the molecule is CC/C=C\C/C=C\C/C=C\C/C=C\C/C=C\CCCC(=O)NCCOP(=O)(O)OCC(O)COC(=O)CCCCCCCCCCCCC. The van der Waals surface area contributed by atoms with E-state index in [0.29, 0.717) is 12.8 Å². The Labute approximate surface area is 298 Å². The van der Waals surface area contributed by atoms with E-state index in [9.17, 15) is 24.2 Å². The van der Waals surface area contributed by atoms with Crippen LogP contribution in [0.3, 0.4) is 0 Å². The monoisotopic (exact) mass is 709 g/mol. The molecule has 49 heavy (non-hydrogen) atoms. The van der Waals surface area contributed by atoms with Crippen molar-refractivity contribution in [1.29, 1.82) is 0 Å². The quantitative estimate of drug-likeness (QED) is 0.0261. The summed E-state index contributed by atoms with van der Waals surface area (Å²) in [4.78, 5) is 33.7. The maximum Gasteiger partial charge on any atom is 0.472 e. The van der Waals surface area contributed by atoms with Gasteiger partial charge in [-0.1, -0.05) is 139 Å². The van der Waals surface area contributed by atoms with E-state index in [-0.39, 0.29) is 32.1 Å². The maximum atomic E-state index is 12.0. The maximum absolute atomic E-state index is 12.0. The number of rotatable bonds is 34. The minimum absolute atomic E-state index is 0.0492. The third-order valence-electron chi connectivity index (χ3n) is 7.46. The summed E-state index contributed by atoms with van der Waals surface area (Å²) in [7, 11) is -4.43. The van der Waals surface area contributed by atoms with Crippen molar-refractivity contribution in [2.75, 3.05) is 26.4 Å².